The van der Waals surface area contributed by atoms with Crippen molar-refractivity contribution in [3.63, 3.8) is 0 Å². The highest BCUT2D eigenvalue weighted by Crippen LogP contribution is 2.44. The van der Waals surface area contributed by atoms with Crippen LogP contribution in [-0.2, 0) is 30.3 Å². The molecule has 3 atom stereocenters. The van der Waals surface area contributed by atoms with Crippen molar-refractivity contribution in [2.45, 2.75) is 62.8 Å². The highest BCUT2D eigenvalue weighted by atomic mass is 16.8. The fourth-order valence-electron chi connectivity index (χ4n) is 3.69. The number of carbonyl (C=O) groups excluding carboxylic acids is 1. The quantitative estimate of drug-likeness (QED) is 0.799. The van der Waals surface area contributed by atoms with E-state index in [9.17, 15) is 4.79 Å². The van der Waals surface area contributed by atoms with E-state index in [1.807, 2.05) is 30.3 Å². The Morgan fingerprint density at radius 1 is 1.09 bits per heavy atom. The summed E-state index contributed by atoms with van der Waals surface area (Å²) >= 11 is 0. The van der Waals surface area contributed by atoms with Crippen molar-refractivity contribution in [2.75, 3.05) is 6.61 Å². The van der Waals surface area contributed by atoms with Gasteiger partial charge in [-0.1, -0.05) is 36.8 Å². The molecule has 4 rings (SSSR count). The molecule has 1 aromatic rings. The number of esters is 1. The molecule has 5 nitrogen and oxygen atoms in total. The molecule has 0 radical (unpaired) electrons. The molecule has 1 saturated carbocycles. The van der Waals surface area contributed by atoms with E-state index in [1.165, 1.54) is 6.42 Å². The smallest absolute Gasteiger partial charge is 0.338 e. The van der Waals surface area contributed by atoms with Crippen molar-refractivity contribution >= 4 is 5.97 Å². The summed E-state index contributed by atoms with van der Waals surface area (Å²) in [6.07, 6.45) is 3.81. The van der Waals surface area contributed by atoms with Crippen molar-refractivity contribution < 1.29 is 23.7 Å². The van der Waals surface area contributed by atoms with Crippen molar-refractivity contribution in [2.24, 2.45) is 0 Å². The molecule has 0 unspecified atom stereocenters. The van der Waals surface area contributed by atoms with Crippen molar-refractivity contribution in [1.82, 2.24) is 0 Å². The zero-order valence-electron chi connectivity index (χ0n) is 13.1. The molecule has 0 bridgehead atoms. The summed E-state index contributed by atoms with van der Waals surface area (Å²) in [7, 11) is 0. The Kier molecular flexibility index (Phi) is 4.09. The van der Waals surface area contributed by atoms with Gasteiger partial charge in [-0.2, -0.15) is 0 Å². The zero-order chi connectivity index (χ0) is 15.7. The van der Waals surface area contributed by atoms with Crippen LogP contribution in [0.1, 0.15) is 37.7 Å². The number of hydrogen-bond acceptors (Lipinski definition) is 5. The van der Waals surface area contributed by atoms with E-state index in [0.29, 0.717) is 13.2 Å². The molecule has 1 aromatic carbocycles. The van der Waals surface area contributed by atoms with Gasteiger partial charge in [0.25, 0.3) is 0 Å². The Bertz CT molecular complexity index is 552. The molecule has 3 fully saturated rings. The van der Waals surface area contributed by atoms with Crippen molar-refractivity contribution in [3.05, 3.63) is 35.9 Å². The van der Waals surface area contributed by atoms with Gasteiger partial charge < -0.3 is 18.9 Å². The van der Waals surface area contributed by atoms with Gasteiger partial charge in [0.05, 0.1) is 13.2 Å². The van der Waals surface area contributed by atoms with E-state index in [1.54, 1.807) is 0 Å². The minimum atomic E-state index is -0.585. The standard InChI is InChI=1S/C18H22O5/c19-17-16-15(22-18(23-16)9-5-2-6-10-18)14(21-17)12-20-11-13-7-3-1-4-8-13/h1,3-4,7-8,14-16H,2,5-6,9-12H2/t14-,15+,16+/m0/s1. The molecule has 124 valence electrons. The molecule has 0 N–H and O–H groups in total. The number of carbonyl (C=O) groups is 1. The van der Waals surface area contributed by atoms with Gasteiger partial charge >= 0.3 is 5.97 Å². The van der Waals surface area contributed by atoms with E-state index in [-0.39, 0.29) is 18.2 Å². The summed E-state index contributed by atoms with van der Waals surface area (Å²) in [4.78, 5) is 12.0. The highest BCUT2D eigenvalue weighted by Gasteiger charge is 2.58. The van der Waals surface area contributed by atoms with E-state index in [2.05, 4.69) is 0 Å². The third-order valence-corrected chi connectivity index (χ3v) is 4.87. The van der Waals surface area contributed by atoms with Gasteiger partial charge in [0, 0.05) is 12.8 Å². The van der Waals surface area contributed by atoms with Gasteiger partial charge in [-0.15, -0.1) is 0 Å². The molecule has 23 heavy (non-hydrogen) atoms. The third-order valence-electron chi connectivity index (χ3n) is 4.87. The fraction of sp³-hybridized carbons (Fsp3) is 0.611. The van der Waals surface area contributed by atoms with Crippen LogP contribution in [0.4, 0.5) is 0 Å². The lowest BCUT2D eigenvalue weighted by molar-refractivity contribution is -0.219. The Morgan fingerprint density at radius 2 is 1.87 bits per heavy atom. The van der Waals surface area contributed by atoms with Crippen LogP contribution in [0.15, 0.2) is 30.3 Å². The number of ether oxygens (including phenoxy) is 4. The van der Waals surface area contributed by atoms with Crippen LogP contribution in [0.25, 0.3) is 0 Å². The summed E-state index contributed by atoms with van der Waals surface area (Å²) in [5.74, 6) is -0.879. The predicted octanol–water partition coefficient (Wildman–Crippen LogP) is 2.57. The number of rotatable bonds is 4. The SMILES string of the molecule is O=C1O[C@@H](COCc2ccccc2)[C@H]2OC3(CCCCC3)O[C@@H]12. The highest BCUT2D eigenvalue weighted by molar-refractivity contribution is 5.78. The maximum atomic E-state index is 12.0. The summed E-state index contributed by atoms with van der Waals surface area (Å²) < 4.78 is 23.2. The molecule has 2 aliphatic heterocycles. The van der Waals surface area contributed by atoms with Gasteiger partial charge in [0.1, 0.15) is 6.10 Å². The first-order valence-corrected chi connectivity index (χ1v) is 8.44. The molecule has 0 amide bonds. The zero-order valence-corrected chi connectivity index (χ0v) is 13.1. The van der Waals surface area contributed by atoms with Gasteiger partial charge in [0.2, 0.25) is 0 Å². The summed E-state index contributed by atoms with van der Waals surface area (Å²) in [6.45, 7) is 0.833. The molecule has 1 aliphatic carbocycles. The predicted molar refractivity (Wildman–Crippen MR) is 81.5 cm³/mol. The first-order chi connectivity index (χ1) is 11.3. The Morgan fingerprint density at radius 3 is 2.65 bits per heavy atom. The van der Waals surface area contributed by atoms with Gasteiger partial charge in [-0.3, -0.25) is 0 Å². The molecular weight excluding hydrogens is 296 g/mol. The van der Waals surface area contributed by atoms with Crippen LogP contribution in [-0.4, -0.2) is 36.7 Å². The summed E-state index contributed by atoms with van der Waals surface area (Å²) in [5, 5.41) is 0. The molecule has 2 saturated heterocycles. The van der Waals surface area contributed by atoms with Crippen LogP contribution in [0.3, 0.4) is 0 Å². The molecule has 1 spiro atoms. The molecule has 2 heterocycles. The Labute approximate surface area is 135 Å². The van der Waals surface area contributed by atoms with Crippen molar-refractivity contribution in [1.29, 1.82) is 0 Å². The van der Waals surface area contributed by atoms with Gasteiger partial charge in [0.15, 0.2) is 18.0 Å². The molecule has 5 heteroatoms. The first kappa shape index (κ1) is 15.1. The number of fused-ring (bicyclic) bond motifs is 1. The van der Waals surface area contributed by atoms with Crippen molar-refractivity contribution in [3.8, 4) is 0 Å². The van der Waals surface area contributed by atoms with Crippen LogP contribution in [0, 0.1) is 0 Å². The van der Waals surface area contributed by atoms with Crippen LogP contribution in [0.2, 0.25) is 0 Å². The van der Waals surface area contributed by atoms with E-state index >= 15 is 0 Å². The second kappa shape index (κ2) is 6.23. The maximum Gasteiger partial charge on any atom is 0.338 e. The van der Waals surface area contributed by atoms with Crippen LogP contribution >= 0.6 is 0 Å². The maximum absolute atomic E-state index is 12.0. The first-order valence-electron chi connectivity index (χ1n) is 8.44. The normalized spacial score (nSPS) is 32.0. The second-order valence-electron chi connectivity index (χ2n) is 6.57. The average molecular weight is 318 g/mol. The van der Waals surface area contributed by atoms with Gasteiger partial charge in [-0.25, -0.2) is 4.79 Å². The van der Waals surface area contributed by atoms with E-state index < -0.39 is 11.9 Å². The monoisotopic (exact) mass is 318 g/mol. The Balaban J connectivity index is 1.35. The third kappa shape index (κ3) is 3.01. The summed E-state index contributed by atoms with van der Waals surface area (Å²) in [6, 6.07) is 9.95. The number of cyclic esters (lactones) is 1. The molecular formula is C18H22O5. The minimum Gasteiger partial charge on any atom is -0.455 e. The molecule has 0 aromatic heterocycles. The molecule has 3 aliphatic rings. The number of hydrogen-bond donors (Lipinski definition) is 0. The van der Waals surface area contributed by atoms with E-state index in [0.717, 1.165) is 31.2 Å². The lowest BCUT2D eigenvalue weighted by Crippen LogP contribution is -2.37. The van der Waals surface area contributed by atoms with E-state index in [4.69, 9.17) is 18.9 Å². The fourth-order valence-corrected chi connectivity index (χ4v) is 3.69. The van der Waals surface area contributed by atoms with Gasteiger partial charge in [-0.05, 0) is 18.4 Å². The van der Waals surface area contributed by atoms with Crippen LogP contribution in [0.5, 0.6) is 0 Å². The van der Waals surface area contributed by atoms with Crippen LogP contribution < -0.4 is 0 Å². The minimum absolute atomic E-state index is 0.314. The lowest BCUT2D eigenvalue weighted by Gasteiger charge is -2.33. The second-order valence-corrected chi connectivity index (χ2v) is 6.57. The average Bonchev–Trinajstić information content (AvgIpc) is 3.07. The largest absolute Gasteiger partial charge is 0.455 e. The Hall–Kier alpha value is -1.43. The number of benzene rings is 1. The summed E-state index contributed by atoms with van der Waals surface area (Å²) in [5.41, 5.74) is 1.10. The topological polar surface area (TPSA) is 54.0 Å². The lowest BCUT2D eigenvalue weighted by atomic mass is 9.94.